The zero-order valence-electron chi connectivity index (χ0n) is 6.64. The van der Waals surface area contributed by atoms with E-state index in [1.165, 1.54) is 0 Å². The fourth-order valence-corrected chi connectivity index (χ4v) is 0.474. The van der Waals surface area contributed by atoms with Gasteiger partial charge in [0, 0.05) is 12.1 Å². The van der Waals surface area contributed by atoms with E-state index in [1.54, 1.807) is 0 Å². The minimum absolute atomic E-state index is 0. The first-order chi connectivity index (χ1) is 3.48. The molecule has 58 valence electrons. The van der Waals surface area contributed by atoms with Crippen molar-refractivity contribution in [2.75, 3.05) is 6.54 Å². The number of hydrogen-bond acceptors (Lipinski definition) is 2. The number of hydrogen-bond donors (Lipinski definition) is 1. The fourth-order valence-electron chi connectivity index (χ4n) is 0.474. The molecule has 0 heterocycles. The molecule has 2 N–H and O–H groups in total. The zero-order valence-corrected chi connectivity index (χ0v) is 7.46. The molecule has 0 aromatic heterocycles. The van der Waals surface area contributed by atoms with Gasteiger partial charge in [0.25, 0.3) is 0 Å². The molecule has 9 heavy (non-hydrogen) atoms. The van der Waals surface area contributed by atoms with E-state index in [2.05, 4.69) is 20.8 Å². The first kappa shape index (κ1) is 11.9. The summed E-state index contributed by atoms with van der Waals surface area (Å²) >= 11 is 0. The fraction of sp³-hybridized carbons (Fsp3) is 1.00. The third-order valence-electron chi connectivity index (χ3n) is 1.20. The minimum atomic E-state index is 0. The van der Waals surface area contributed by atoms with Crippen molar-refractivity contribution in [2.24, 2.45) is 5.84 Å². The van der Waals surface area contributed by atoms with E-state index < -0.39 is 0 Å². The highest BCUT2D eigenvalue weighted by atomic mass is 35.5. The van der Waals surface area contributed by atoms with E-state index >= 15 is 0 Å². The SMILES string of the molecule is CCN(N)C(C)(C)C.Cl. The lowest BCUT2D eigenvalue weighted by Gasteiger charge is -2.29. The lowest BCUT2D eigenvalue weighted by Crippen LogP contribution is -2.46. The maximum absolute atomic E-state index is 5.58. The van der Waals surface area contributed by atoms with Crippen molar-refractivity contribution in [1.29, 1.82) is 0 Å². The first-order valence-corrected chi connectivity index (χ1v) is 3.01. The highest BCUT2D eigenvalue weighted by molar-refractivity contribution is 5.85. The van der Waals surface area contributed by atoms with Crippen molar-refractivity contribution in [3.63, 3.8) is 0 Å². The molecule has 0 atom stereocenters. The molecule has 0 aromatic carbocycles. The molecule has 0 unspecified atom stereocenters. The highest BCUT2D eigenvalue weighted by Gasteiger charge is 2.14. The van der Waals surface area contributed by atoms with Crippen LogP contribution in [0.3, 0.4) is 0 Å². The highest BCUT2D eigenvalue weighted by Crippen LogP contribution is 2.05. The van der Waals surface area contributed by atoms with Gasteiger partial charge < -0.3 is 0 Å². The van der Waals surface area contributed by atoms with E-state index in [4.69, 9.17) is 5.84 Å². The van der Waals surface area contributed by atoms with Gasteiger partial charge in [0.05, 0.1) is 0 Å². The lowest BCUT2D eigenvalue weighted by atomic mass is 10.1. The molecule has 0 spiro atoms. The van der Waals surface area contributed by atoms with Crippen LogP contribution < -0.4 is 5.84 Å². The maximum Gasteiger partial charge on any atom is 0.0267 e. The van der Waals surface area contributed by atoms with E-state index in [1.807, 2.05) is 11.9 Å². The Labute approximate surface area is 63.8 Å². The second-order valence-electron chi connectivity index (χ2n) is 2.96. The van der Waals surface area contributed by atoms with Gasteiger partial charge in [0.1, 0.15) is 0 Å². The van der Waals surface area contributed by atoms with Crippen molar-refractivity contribution in [1.82, 2.24) is 5.01 Å². The number of hydrazine groups is 1. The van der Waals surface area contributed by atoms with Crippen LogP contribution in [0.1, 0.15) is 27.7 Å². The Morgan fingerprint density at radius 2 is 1.67 bits per heavy atom. The first-order valence-electron chi connectivity index (χ1n) is 3.01. The van der Waals surface area contributed by atoms with E-state index in [0.29, 0.717) is 0 Å². The van der Waals surface area contributed by atoms with Gasteiger partial charge >= 0.3 is 0 Å². The summed E-state index contributed by atoms with van der Waals surface area (Å²) in [5, 5.41) is 1.81. The van der Waals surface area contributed by atoms with Crippen LogP contribution in [-0.2, 0) is 0 Å². The molecular weight excluding hydrogens is 136 g/mol. The van der Waals surface area contributed by atoms with Crippen LogP contribution >= 0.6 is 12.4 Å². The number of halogens is 1. The average Bonchev–Trinajstić information content (AvgIpc) is 1.62. The average molecular weight is 153 g/mol. The van der Waals surface area contributed by atoms with Gasteiger partial charge in [-0.25, -0.2) is 5.01 Å². The summed E-state index contributed by atoms with van der Waals surface area (Å²) in [7, 11) is 0. The van der Waals surface area contributed by atoms with Gasteiger partial charge in [-0.1, -0.05) is 6.92 Å². The molecular formula is C6H17ClN2. The molecule has 0 saturated carbocycles. The second kappa shape index (κ2) is 4.09. The molecule has 0 amide bonds. The van der Waals surface area contributed by atoms with Crippen LogP contribution in [0.2, 0.25) is 0 Å². The summed E-state index contributed by atoms with van der Waals surface area (Å²) in [5.41, 5.74) is 0.120. The van der Waals surface area contributed by atoms with Crippen molar-refractivity contribution in [2.45, 2.75) is 33.2 Å². The minimum Gasteiger partial charge on any atom is -0.268 e. The Morgan fingerprint density at radius 3 is 1.67 bits per heavy atom. The Kier molecular flexibility index (Phi) is 5.43. The van der Waals surface area contributed by atoms with Crippen LogP contribution in [-0.4, -0.2) is 17.1 Å². The summed E-state index contributed by atoms with van der Waals surface area (Å²) in [4.78, 5) is 0. The smallest absolute Gasteiger partial charge is 0.0267 e. The summed E-state index contributed by atoms with van der Waals surface area (Å²) in [5.74, 6) is 5.58. The van der Waals surface area contributed by atoms with E-state index in [0.717, 1.165) is 6.54 Å². The molecule has 0 aromatic rings. The predicted octanol–water partition coefficient (Wildman–Crippen LogP) is 1.40. The molecule has 0 aliphatic rings. The molecule has 0 aliphatic carbocycles. The largest absolute Gasteiger partial charge is 0.268 e. The third kappa shape index (κ3) is 4.70. The predicted molar refractivity (Wildman–Crippen MR) is 43.6 cm³/mol. The molecule has 0 bridgehead atoms. The Morgan fingerprint density at radius 1 is 1.33 bits per heavy atom. The molecule has 3 heteroatoms. The van der Waals surface area contributed by atoms with E-state index in [9.17, 15) is 0 Å². The van der Waals surface area contributed by atoms with Gasteiger partial charge in [0.15, 0.2) is 0 Å². The van der Waals surface area contributed by atoms with Crippen molar-refractivity contribution >= 4 is 12.4 Å². The molecule has 0 rings (SSSR count). The van der Waals surface area contributed by atoms with Crippen molar-refractivity contribution in [3.8, 4) is 0 Å². The Bertz CT molecular complexity index is 67.9. The normalized spacial score (nSPS) is 11.3. The molecule has 2 nitrogen and oxygen atoms in total. The molecule has 0 saturated heterocycles. The zero-order chi connectivity index (χ0) is 6.78. The third-order valence-corrected chi connectivity index (χ3v) is 1.20. The Balaban J connectivity index is 0. The van der Waals surface area contributed by atoms with E-state index in [-0.39, 0.29) is 17.9 Å². The monoisotopic (exact) mass is 152 g/mol. The van der Waals surface area contributed by atoms with Crippen molar-refractivity contribution < 1.29 is 0 Å². The molecule has 0 fully saturated rings. The number of rotatable bonds is 1. The number of nitrogens with two attached hydrogens (primary N) is 1. The van der Waals surface area contributed by atoms with Gasteiger partial charge in [0.2, 0.25) is 0 Å². The molecule has 0 aliphatic heterocycles. The van der Waals surface area contributed by atoms with Crippen LogP contribution in [0.5, 0.6) is 0 Å². The maximum atomic E-state index is 5.58. The summed E-state index contributed by atoms with van der Waals surface area (Å²) in [6.07, 6.45) is 0. The van der Waals surface area contributed by atoms with Crippen LogP contribution in [0.15, 0.2) is 0 Å². The molecule has 0 radical (unpaired) electrons. The lowest BCUT2D eigenvalue weighted by molar-refractivity contribution is 0.147. The second-order valence-corrected chi connectivity index (χ2v) is 2.96. The standard InChI is InChI=1S/C6H16N2.ClH/c1-5-8(7)6(2,3)4;/h5,7H2,1-4H3;1H. The Hall–Kier alpha value is 0.210. The summed E-state index contributed by atoms with van der Waals surface area (Å²) in [6.45, 7) is 9.23. The van der Waals surface area contributed by atoms with Crippen LogP contribution in [0.4, 0.5) is 0 Å². The van der Waals surface area contributed by atoms with Gasteiger partial charge in [-0.15, -0.1) is 12.4 Å². The van der Waals surface area contributed by atoms with Gasteiger partial charge in [-0.3, -0.25) is 5.84 Å². The number of nitrogens with zero attached hydrogens (tertiary/aromatic N) is 1. The van der Waals surface area contributed by atoms with Crippen LogP contribution in [0, 0.1) is 0 Å². The summed E-state index contributed by atoms with van der Waals surface area (Å²) < 4.78 is 0. The van der Waals surface area contributed by atoms with Crippen LogP contribution in [0.25, 0.3) is 0 Å². The topological polar surface area (TPSA) is 29.3 Å². The summed E-state index contributed by atoms with van der Waals surface area (Å²) in [6, 6.07) is 0. The quantitative estimate of drug-likeness (QED) is 0.455. The van der Waals surface area contributed by atoms with Crippen molar-refractivity contribution in [3.05, 3.63) is 0 Å². The van der Waals surface area contributed by atoms with Gasteiger partial charge in [-0.05, 0) is 20.8 Å². The van der Waals surface area contributed by atoms with Gasteiger partial charge in [-0.2, -0.15) is 0 Å².